The van der Waals surface area contributed by atoms with Gasteiger partial charge in [-0.25, -0.2) is 9.97 Å². The van der Waals surface area contributed by atoms with Crippen LogP contribution >= 0.6 is 11.8 Å². The number of anilines is 2. The molecule has 6 heteroatoms. The van der Waals surface area contributed by atoms with E-state index in [1.165, 1.54) is 19.3 Å². The van der Waals surface area contributed by atoms with E-state index in [9.17, 15) is 0 Å². The predicted molar refractivity (Wildman–Crippen MR) is 90.3 cm³/mol. The van der Waals surface area contributed by atoms with Crippen molar-refractivity contribution >= 4 is 29.0 Å². The van der Waals surface area contributed by atoms with E-state index in [0.717, 1.165) is 35.5 Å². The van der Waals surface area contributed by atoms with Gasteiger partial charge in [0.2, 0.25) is 0 Å². The molecule has 2 aromatic heterocycles. The zero-order valence-corrected chi connectivity index (χ0v) is 13.5. The molecule has 2 aromatic rings. The molecule has 0 amide bonds. The molecule has 1 saturated carbocycles. The fourth-order valence-electron chi connectivity index (χ4n) is 2.85. The van der Waals surface area contributed by atoms with Crippen molar-refractivity contribution in [2.45, 2.75) is 43.9 Å². The molecule has 3 rings (SSSR count). The molecule has 21 heavy (non-hydrogen) atoms. The highest BCUT2D eigenvalue weighted by Crippen LogP contribution is 2.30. The Kier molecular flexibility index (Phi) is 4.53. The maximum absolute atomic E-state index is 4.71. The van der Waals surface area contributed by atoms with Gasteiger partial charge in [0.05, 0.1) is 6.20 Å². The fourth-order valence-corrected chi connectivity index (χ4v) is 3.64. The van der Waals surface area contributed by atoms with Crippen molar-refractivity contribution in [2.24, 2.45) is 0 Å². The third-order valence-electron chi connectivity index (χ3n) is 3.99. The number of nitrogens with zero attached hydrogens (tertiary/aromatic N) is 3. The summed E-state index contributed by atoms with van der Waals surface area (Å²) in [6, 6.07) is 0.511. The largest absolute Gasteiger partial charge is 0.369 e. The maximum Gasteiger partial charge on any atom is 0.180 e. The molecule has 0 aromatic carbocycles. The molecule has 0 saturated heterocycles. The van der Waals surface area contributed by atoms with Gasteiger partial charge < -0.3 is 15.0 Å². The molecule has 0 radical (unpaired) electrons. The summed E-state index contributed by atoms with van der Waals surface area (Å²) in [4.78, 5) is 9.14. The van der Waals surface area contributed by atoms with E-state index in [0.29, 0.717) is 6.04 Å². The highest BCUT2D eigenvalue weighted by molar-refractivity contribution is 7.99. The SMILES string of the molecule is CCCNc1cn2ccnc2c(NC2CCC(SC)C2)n1. The van der Waals surface area contributed by atoms with Gasteiger partial charge in [0.1, 0.15) is 5.82 Å². The predicted octanol–water partition coefficient (Wildman–Crippen LogP) is 3.25. The van der Waals surface area contributed by atoms with Crippen molar-refractivity contribution in [3.63, 3.8) is 0 Å². The van der Waals surface area contributed by atoms with E-state index >= 15 is 0 Å². The summed E-state index contributed by atoms with van der Waals surface area (Å²) < 4.78 is 2.04. The Morgan fingerprint density at radius 1 is 1.43 bits per heavy atom. The lowest BCUT2D eigenvalue weighted by Crippen LogP contribution is -2.18. The van der Waals surface area contributed by atoms with E-state index < -0.39 is 0 Å². The van der Waals surface area contributed by atoms with Gasteiger partial charge in [-0.2, -0.15) is 11.8 Å². The number of nitrogens with one attached hydrogen (secondary N) is 2. The quantitative estimate of drug-likeness (QED) is 0.858. The monoisotopic (exact) mass is 305 g/mol. The van der Waals surface area contributed by atoms with Crippen LogP contribution in [0.1, 0.15) is 32.6 Å². The summed E-state index contributed by atoms with van der Waals surface area (Å²) >= 11 is 1.97. The van der Waals surface area contributed by atoms with Gasteiger partial charge in [-0.3, -0.25) is 0 Å². The molecule has 1 aliphatic rings. The average molecular weight is 305 g/mol. The van der Waals surface area contributed by atoms with E-state index in [-0.39, 0.29) is 0 Å². The zero-order chi connectivity index (χ0) is 14.7. The van der Waals surface area contributed by atoms with Crippen molar-refractivity contribution in [3.8, 4) is 0 Å². The first kappa shape index (κ1) is 14.5. The molecule has 5 nitrogen and oxygen atoms in total. The Balaban J connectivity index is 1.81. The van der Waals surface area contributed by atoms with Crippen LogP contribution in [0.25, 0.3) is 5.65 Å². The Morgan fingerprint density at radius 3 is 3.10 bits per heavy atom. The Morgan fingerprint density at radius 2 is 2.33 bits per heavy atom. The lowest BCUT2D eigenvalue weighted by Gasteiger charge is -2.15. The van der Waals surface area contributed by atoms with E-state index in [2.05, 4.69) is 28.8 Å². The molecule has 0 bridgehead atoms. The molecule has 0 spiro atoms. The lowest BCUT2D eigenvalue weighted by molar-refractivity contribution is 0.752. The fraction of sp³-hybridized carbons (Fsp3) is 0.600. The first-order chi connectivity index (χ1) is 10.3. The Hall–Kier alpha value is -1.43. The number of fused-ring (bicyclic) bond motifs is 1. The van der Waals surface area contributed by atoms with Gasteiger partial charge in [-0.1, -0.05) is 6.92 Å². The van der Waals surface area contributed by atoms with E-state index in [4.69, 9.17) is 4.98 Å². The topological polar surface area (TPSA) is 54.2 Å². The number of hydrogen-bond donors (Lipinski definition) is 2. The summed E-state index contributed by atoms with van der Waals surface area (Å²) in [5.41, 5.74) is 0.907. The number of imidazole rings is 1. The van der Waals surface area contributed by atoms with Crippen LogP contribution in [0.3, 0.4) is 0 Å². The molecule has 2 atom stereocenters. The van der Waals surface area contributed by atoms with Gasteiger partial charge in [-0.15, -0.1) is 0 Å². The molecule has 2 heterocycles. The molecule has 1 aliphatic carbocycles. The van der Waals surface area contributed by atoms with Crippen LogP contribution < -0.4 is 10.6 Å². The Labute approximate surface area is 129 Å². The second-order valence-corrected chi connectivity index (χ2v) is 6.71. The molecule has 2 N–H and O–H groups in total. The number of hydrogen-bond acceptors (Lipinski definition) is 5. The third kappa shape index (κ3) is 3.26. The van der Waals surface area contributed by atoms with Crippen LogP contribution in [0.4, 0.5) is 11.6 Å². The zero-order valence-electron chi connectivity index (χ0n) is 12.7. The average Bonchev–Trinajstić information content (AvgIpc) is 3.13. The van der Waals surface area contributed by atoms with E-state index in [1.807, 2.05) is 34.8 Å². The molecule has 0 aliphatic heterocycles. The highest BCUT2D eigenvalue weighted by Gasteiger charge is 2.24. The highest BCUT2D eigenvalue weighted by atomic mass is 32.2. The summed E-state index contributed by atoms with van der Waals surface area (Å²) in [6.07, 6.45) is 12.8. The Bertz CT molecular complexity index is 597. The minimum atomic E-state index is 0.511. The number of thioether (sulfide) groups is 1. The summed E-state index contributed by atoms with van der Waals surface area (Å²) in [7, 11) is 0. The molecule has 114 valence electrons. The van der Waals surface area contributed by atoms with Crippen LogP contribution in [0.15, 0.2) is 18.6 Å². The van der Waals surface area contributed by atoms with Gasteiger partial charge >= 0.3 is 0 Å². The lowest BCUT2D eigenvalue weighted by atomic mass is 10.2. The third-order valence-corrected chi connectivity index (χ3v) is 5.08. The van der Waals surface area contributed by atoms with Crippen molar-refractivity contribution < 1.29 is 0 Å². The van der Waals surface area contributed by atoms with Crippen LogP contribution in [-0.2, 0) is 0 Å². The van der Waals surface area contributed by atoms with Gasteiger partial charge in [0, 0.05) is 30.2 Å². The standard InChI is InChI=1S/C15H23N5S/c1-3-6-16-13-10-20-8-7-17-15(20)14(19-13)18-11-4-5-12(9-11)21-2/h7-8,10-12,16H,3-6,9H2,1-2H3,(H,18,19). The number of aromatic nitrogens is 3. The second-order valence-electron chi connectivity index (χ2n) is 5.57. The van der Waals surface area contributed by atoms with Crippen LogP contribution in [0.5, 0.6) is 0 Å². The molecular weight excluding hydrogens is 282 g/mol. The number of rotatable bonds is 6. The van der Waals surface area contributed by atoms with Gasteiger partial charge in [0.15, 0.2) is 11.5 Å². The molecule has 1 fully saturated rings. The first-order valence-corrected chi connectivity index (χ1v) is 8.96. The van der Waals surface area contributed by atoms with Crippen LogP contribution in [-0.4, -0.2) is 38.5 Å². The normalized spacial score (nSPS) is 21.8. The summed E-state index contributed by atoms with van der Waals surface area (Å²) in [6.45, 7) is 3.09. The summed E-state index contributed by atoms with van der Waals surface area (Å²) in [5.74, 6) is 1.80. The molecule has 2 unspecified atom stereocenters. The van der Waals surface area contributed by atoms with Crippen LogP contribution in [0.2, 0.25) is 0 Å². The van der Waals surface area contributed by atoms with Crippen LogP contribution in [0, 0.1) is 0 Å². The van der Waals surface area contributed by atoms with Crippen molar-refractivity contribution in [3.05, 3.63) is 18.6 Å². The van der Waals surface area contributed by atoms with Crippen molar-refractivity contribution in [1.29, 1.82) is 0 Å². The molecular formula is C15H23N5S. The van der Waals surface area contributed by atoms with E-state index in [1.54, 1.807) is 0 Å². The summed E-state index contributed by atoms with van der Waals surface area (Å²) in [5, 5.41) is 7.74. The minimum absolute atomic E-state index is 0.511. The van der Waals surface area contributed by atoms with Gasteiger partial charge in [0.25, 0.3) is 0 Å². The second kappa shape index (κ2) is 6.56. The smallest absolute Gasteiger partial charge is 0.180 e. The van der Waals surface area contributed by atoms with Crippen molar-refractivity contribution in [1.82, 2.24) is 14.4 Å². The minimum Gasteiger partial charge on any atom is -0.369 e. The van der Waals surface area contributed by atoms with Gasteiger partial charge in [-0.05, 0) is 31.9 Å². The van der Waals surface area contributed by atoms with Crippen molar-refractivity contribution in [2.75, 3.05) is 23.4 Å². The first-order valence-electron chi connectivity index (χ1n) is 7.67. The maximum atomic E-state index is 4.71.